The molecule has 0 aliphatic rings. The molecular weight excluding hydrogens is 571 g/mol. The summed E-state index contributed by atoms with van der Waals surface area (Å²) in [6.07, 6.45) is 7.02. The number of halogens is 2. The number of unbranched alkanes of at least 4 members (excludes halogenated alkanes) is 1. The van der Waals surface area contributed by atoms with E-state index in [1.54, 1.807) is 6.08 Å². The molecule has 9 nitrogen and oxygen atoms in total. The van der Waals surface area contributed by atoms with Crippen LogP contribution in [-0.2, 0) is 11.2 Å². The molecule has 0 aliphatic heterocycles. The molecule has 2 N–H and O–H groups in total. The minimum atomic E-state index is -0.939. The first kappa shape index (κ1) is 27.8. The van der Waals surface area contributed by atoms with Crippen LogP contribution in [0.15, 0.2) is 62.0 Å². The van der Waals surface area contributed by atoms with Gasteiger partial charge in [0, 0.05) is 24.9 Å². The summed E-state index contributed by atoms with van der Waals surface area (Å²) < 4.78 is 28.9. The maximum atomic E-state index is 13.4. The second-order valence-corrected chi connectivity index (χ2v) is 9.43. The van der Waals surface area contributed by atoms with Crippen LogP contribution >= 0.6 is 27.3 Å². The number of ketones is 1. The molecule has 0 bridgehead atoms. The number of nitrogens with one attached hydrogen (secondary N) is 1. The molecule has 2 heterocycles. The predicted molar refractivity (Wildman–Crippen MR) is 139 cm³/mol. The van der Waals surface area contributed by atoms with E-state index in [1.807, 2.05) is 0 Å². The van der Waals surface area contributed by atoms with Gasteiger partial charge in [-0.2, -0.15) is 0 Å². The summed E-state index contributed by atoms with van der Waals surface area (Å²) in [6.45, 7) is 1.50. The Morgan fingerprint density at radius 3 is 2.81 bits per heavy atom. The number of thiazole rings is 1. The Kier molecular flexibility index (Phi) is 9.75. The molecule has 2 aromatic heterocycles. The van der Waals surface area contributed by atoms with Crippen LogP contribution in [0, 0.1) is 5.82 Å². The molecule has 0 radical (unpaired) electrons. The zero-order valence-electron chi connectivity index (χ0n) is 19.7. The highest BCUT2D eigenvalue weighted by Crippen LogP contribution is 2.30. The quantitative estimate of drug-likeness (QED) is 0.167. The Bertz CT molecular complexity index is 1410. The Balaban J connectivity index is 1.64. The number of nitrogens with zero attached hydrogens (tertiary/aromatic N) is 1. The van der Waals surface area contributed by atoms with Crippen LogP contribution in [0.2, 0.25) is 0 Å². The van der Waals surface area contributed by atoms with Gasteiger partial charge in [-0.05, 0) is 65.5 Å². The minimum absolute atomic E-state index is 0.179. The number of alkyl carbamates (subject to hydrolysis) is 1. The Labute approximate surface area is 223 Å². The van der Waals surface area contributed by atoms with Gasteiger partial charge in [0.05, 0.1) is 16.5 Å². The summed E-state index contributed by atoms with van der Waals surface area (Å²) in [5, 5.41) is 13.0. The van der Waals surface area contributed by atoms with Crippen LogP contribution in [0.1, 0.15) is 40.8 Å². The van der Waals surface area contributed by atoms with Gasteiger partial charge in [0.1, 0.15) is 28.6 Å². The highest BCUT2D eigenvalue weighted by molar-refractivity contribution is 9.10. The first-order valence-corrected chi connectivity index (χ1v) is 12.5. The van der Waals surface area contributed by atoms with Gasteiger partial charge in [0.15, 0.2) is 5.78 Å². The van der Waals surface area contributed by atoms with Gasteiger partial charge in [0.2, 0.25) is 0 Å². The molecule has 1 amide bonds. The highest BCUT2D eigenvalue weighted by Gasteiger charge is 2.21. The minimum Gasteiger partial charge on any atom is -0.507 e. The molecule has 0 fully saturated rings. The molecule has 0 spiro atoms. The van der Waals surface area contributed by atoms with Gasteiger partial charge < -0.3 is 19.0 Å². The molecule has 194 valence electrons. The lowest BCUT2D eigenvalue weighted by atomic mass is 10.0. The molecule has 1 aromatic carbocycles. The second kappa shape index (κ2) is 13.0. The van der Waals surface area contributed by atoms with Crippen LogP contribution in [-0.4, -0.2) is 29.1 Å². The molecular formula is C25H22BrFN2O7S. The van der Waals surface area contributed by atoms with Gasteiger partial charge in [-0.15, -0.1) is 0 Å². The highest BCUT2D eigenvalue weighted by atomic mass is 79.9. The average molecular weight is 593 g/mol. The topological polar surface area (TPSA) is 128 Å². The van der Waals surface area contributed by atoms with Crippen molar-refractivity contribution >= 4 is 45.2 Å². The lowest BCUT2D eigenvalue weighted by Gasteiger charge is -2.05. The van der Waals surface area contributed by atoms with Crippen molar-refractivity contribution in [2.24, 2.45) is 0 Å². The van der Waals surface area contributed by atoms with Crippen molar-refractivity contribution in [1.29, 1.82) is 0 Å². The van der Waals surface area contributed by atoms with Crippen molar-refractivity contribution in [2.75, 3.05) is 7.11 Å². The number of allylic oxidation sites excluding steroid dienone is 2. The standard InChI is InChI=1S/C25H22BrFN2O7S/c1-14(10-17-13-29-25(37-17)36-16-7-8-19(27)18(26)11-16)22(31)21-20(30)12-15(35-23(21)32)6-4-3-5-9-28-24(33)34-2/h5,7-13,30H,3-4,6H2,1-2H3,(H,28,33)/b9-5+,14-10?. The van der Waals surface area contributed by atoms with E-state index in [0.29, 0.717) is 29.9 Å². The van der Waals surface area contributed by atoms with Crippen molar-refractivity contribution in [3.05, 3.63) is 85.2 Å². The van der Waals surface area contributed by atoms with Crippen molar-refractivity contribution < 1.29 is 33.0 Å². The van der Waals surface area contributed by atoms with E-state index >= 15 is 0 Å². The molecule has 0 saturated carbocycles. The summed E-state index contributed by atoms with van der Waals surface area (Å²) in [6, 6.07) is 5.42. The van der Waals surface area contributed by atoms with Crippen LogP contribution in [0.25, 0.3) is 6.08 Å². The molecule has 0 atom stereocenters. The van der Waals surface area contributed by atoms with E-state index in [9.17, 15) is 23.9 Å². The number of carbonyl (C=O) groups is 2. The Hall–Kier alpha value is -3.77. The molecule has 37 heavy (non-hydrogen) atoms. The lowest BCUT2D eigenvalue weighted by Crippen LogP contribution is -2.16. The van der Waals surface area contributed by atoms with Crippen molar-refractivity contribution in [1.82, 2.24) is 10.3 Å². The fraction of sp³-hybridized carbons (Fsp3) is 0.200. The third-order valence-electron chi connectivity index (χ3n) is 4.82. The Morgan fingerprint density at radius 2 is 2.11 bits per heavy atom. The van der Waals surface area contributed by atoms with Crippen LogP contribution in [0.3, 0.4) is 0 Å². The van der Waals surface area contributed by atoms with Gasteiger partial charge in [0.25, 0.3) is 5.19 Å². The first-order valence-electron chi connectivity index (χ1n) is 10.8. The van der Waals surface area contributed by atoms with E-state index in [0.717, 1.165) is 11.3 Å². The molecule has 3 rings (SSSR count). The van der Waals surface area contributed by atoms with Gasteiger partial charge in [-0.3, -0.25) is 10.1 Å². The van der Waals surface area contributed by atoms with Gasteiger partial charge in [-0.25, -0.2) is 19.0 Å². The number of Topliss-reactive ketones (excluding diaryl/α,β-unsaturated/α-hetero) is 1. The van der Waals surface area contributed by atoms with Crippen molar-refractivity contribution in [3.8, 4) is 16.7 Å². The van der Waals surface area contributed by atoms with Gasteiger partial charge in [-0.1, -0.05) is 17.4 Å². The van der Waals surface area contributed by atoms with Crippen LogP contribution in [0.4, 0.5) is 9.18 Å². The second-order valence-electron chi connectivity index (χ2n) is 7.55. The van der Waals surface area contributed by atoms with Gasteiger partial charge >= 0.3 is 11.7 Å². The van der Waals surface area contributed by atoms with Crippen LogP contribution < -0.4 is 15.7 Å². The van der Waals surface area contributed by atoms with E-state index in [4.69, 9.17) is 9.15 Å². The number of hydrogen-bond acceptors (Lipinski definition) is 9. The maximum Gasteiger partial charge on any atom is 0.410 e. The molecule has 3 aromatic rings. The van der Waals surface area contributed by atoms with E-state index < -0.39 is 34.6 Å². The maximum absolute atomic E-state index is 13.4. The number of aromatic hydroxyl groups is 1. The summed E-state index contributed by atoms with van der Waals surface area (Å²) >= 11 is 4.22. The number of amides is 1. The zero-order valence-corrected chi connectivity index (χ0v) is 22.2. The van der Waals surface area contributed by atoms with E-state index in [2.05, 4.69) is 31.0 Å². The summed E-state index contributed by atoms with van der Waals surface area (Å²) in [5.41, 5.74) is -1.22. The predicted octanol–water partition coefficient (Wildman–Crippen LogP) is 5.97. The third-order valence-corrected chi connectivity index (χ3v) is 6.25. The van der Waals surface area contributed by atoms with Crippen molar-refractivity contribution in [3.63, 3.8) is 0 Å². The normalized spacial score (nSPS) is 11.5. The lowest BCUT2D eigenvalue weighted by molar-refractivity contribution is 0.102. The fourth-order valence-corrected chi connectivity index (χ4v) is 4.17. The number of carbonyl (C=O) groups excluding carboxylic acids is 2. The Morgan fingerprint density at radius 1 is 1.32 bits per heavy atom. The number of aryl methyl sites for hydroxylation is 1. The average Bonchev–Trinajstić information content (AvgIpc) is 3.29. The zero-order chi connectivity index (χ0) is 26.9. The number of methoxy groups -OCH3 is 1. The molecule has 0 aliphatic carbocycles. The molecule has 0 unspecified atom stereocenters. The largest absolute Gasteiger partial charge is 0.507 e. The van der Waals surface area contributed by atoms with Crippen molar-refractivity contribution in [2.45, 2.75) is 26.2 Å². The first-order chi connectivity index (χ1) is 17.7. The number of hydrogen-bond donors (Lipinski definition) is 2. The summed E-state index contributed by atoms with van der Waals surface area (Å²) in [5.74, 6) is -0.976. The molecule has 12 heteroatoms. The molecule has 0 saturated heterocycles. The fourth-order valence-electron chi connectivity index (χ4n) is 3.03. The number of ether oxygens (including phenoxy) is 2. The van der Waals surface area contributed by atoms with Crippen LogP contribution in [0.5, 0.6) is 16.7 Å². The summed E-state index contributed by atoms with van der Waals surface area (Å²) in [4.78, 5) is 40.9. The monoisotopic (exact) mass is 592 g/mol. The third kappa shape index (κ3) is 7.86. The number of benzene rings is 1. The number of aromatic nitrogens is 1. The number of rotatable bonds is 10. The van der Waals surface area contributed by atoms with E-state index in [1.165, 1.54) is 56.8 Å². The van der Waals surface area contributed by atoms with E-state index in [-0.39, 0.29) is 21.0 Å². The smallest absolute Gasteiger partial charge is 0.410 e. The summed E-state index contributed by atoms with van der Waals surface area (Å²) in [7, 11) is 1.25. The SMILES string of the molecule is COC(=O)N/C=C/CCCc1cc(O)c(C(=O)C(C)=Cc2cnc(Oc3ccc(F)c(Br)c3)s2)c(=O)o1.